The molecular formula is C11H18N2O. The number of nitrogens with zero attached hydrogens (tertiary/aromatic N) is 1. The number of aromatic nitrogens is 1. The Morgan fingerprint density at radius 2 is 2.36 bits per heavy atom. The van der Waals surface area contributed by atoms with E-state index in [0.717, 1.165) is 25.2 Å². The molecule has 1 heterocycles. The second-order valence-electron chi connectivity index (χ2n) is 3.50. The molecule has 14 heavy (non-hydrogen) atoms. The van der Waals surface area contributed by atoms with Crippen LogP contribution < -0.4 is 5.32 Å². The molecule has 0 radical (unpaired) electrons. The number of nitrogens with one attached hydrogen (secondary N) is 1. The molecular weight excluding hydrogens is 176 g/mol. The van der Waals surface area contributed by atoms with E-state index in [4.69, 9.17) is 0 Å². The highest BCUT2D eigenvalue weighted by molar-refractivity contribution is 5.36. The molecule has 2 N–H and O–H groups in total. The maximum atomic E-state index is 9.33. The standard InChI is InChI=1S/C11H18N2O/c1-3-10(14)5-7-13-11-8-9(2)4-6-12-11/h4,6,8,10,14H,3,5,7H2,1-2H3,(H,12,13). The van der Waals surface area contributed by atoms with Gasteiger partial charge in [0.1, 0.15) is 5.82 Å². The molecule has 0 spiro atoms. The van der Waals surface area contributed by atoms with Gasteiger partial charge in [-0.2, -0.15) is 0 Å². The Labute approximate surface area is 85.2 Å². The number of hydrogen-bond donors (Lipinski definition) is 2. The quantitative estimate of drug-likeness (QED) is 0.753. The number of rotatable bonds is 5. The Morgan fingerprint density at radius 3 is 3.00 bits per heavy atom. The van der Waals surface area contributed by atoms with Gasteiger partial charge in [0.2, 0.25) is 0 Å². The summed E-state index contributed by atoms with van der Waals surface area (Å²) < 4.78 is 0. The van der Waals surface area contributed by atoms with Crippen LogP contribution >= 0.6 is 0 Å². The van der Waals surface area contributed by atoms with Gasteiger partial charge in [-0.3, -0.25) is 0 Å². The van der Waals surface area contributed by atoms with Crippen molar-refractivity contribution >= 4 is 5.82 Å². The van der Waals surface area contributed by atoms with Gasteiger partial charge in [-0.15, -0.1) is 0 Å². The van der Waals surface area contributed by atoms with Crippen molar-refractivity contribution in [2.75, 3.05) is 11.9 Å². The maximum Gasteiger partial charge on any atom is 0.126 e. The van der Waals surface area contributed by atoms with E-state index < -0.39 is 0 Å². The van der Waals surface area contributed by atoms with E-state index in [0.29, 0.717) is 0 Å². The second-order valence-corrected chi connectivity index (χ2v) is 3.50. The first-order chi connectivity index (χ1) is 6.72. The molecule has 0 aliphatic carbocycles. The molecule has 1 atom stereocenters. The van der Waals surface area contributed by atoms with Gasteiger partial charge in [-0.05, 0) is 37.5 Å². The zero-order valence-electron chi connectivity index (χ0n) is 8.83. The van der Waals surface area contributed by atoms with Crippen LogP contribution in [0.3, 0.4) is 0 Å². The fraction of sp³-hybridized carbons (Fsp3) is 0.545. The van der Waals surface area contributed by atoms with Crippen LogP contribution in [0.5, 0.6) is 0 Å². The van der Waals surface area contributed by atoms with Gasteiger partial charge >= 0.3 is 0 Å². The van der Waals surface area contributed by atoms with E-state index in [9.17, 15) is 5.11 Å². The Bertz CT molecular complexity index is 276. The molecule has 0 aliphatic rings. The monoisotopic (exact) mass is 194 g/mol. The van der Waals surface area contributed by atoms with E-state index in [1.54, 1.807) is 6.20 Å². The lowest BCUT2D eigenvalue weighted by atomic mass is 10.2. The van der Waals surface area contributed by atoms with Crippen LogP contribution in [-0.4, -0.2) is 22.7 Å². The fourth-order valence-electron chi connectivity index (χ4n) is 1.20. The number of pyridine rings is 1. The molecule has 0 bridgehead atoms. The van der Waals surface area contributed by atoms with E-state index in [1.807, 2.05) is 26.0 Å². The van der Waals surface area contributed by atoms with Crippen molar-refractivity contribution < 1.29 is 5.11 Å². The van der Waals surface area contributed by atoms with Crippen molar-refractivity contribution in [3.63, 3.8) is 0 Å². The molecule has 78 valence electrons. The molecule has 0 saturated heterocycles. The summed E-state index contributed by atoms with van der Waals surface area (Å²) in [7, 11) is 0. The van der Waals surface area contributed by atoms with Crippen LogP contribution in [0.1, 0.15) is 25.3 Å². The van der Waals surface area contributed by atoms with Gasteiger partial charge in [-0.1, -0.05) is 6.92 Å². The summed E-state index contributed by atoms with van der Waals surface area (Å²) in [6.07, 6.45) is 3.16. The lowest BCUT2D eigenvalue weighted by Gasteiger charge is -2.09. The third-order valence-electron chi connectivity index (χ3n) is 2.17. The van der Waals surface area contributed by atoms with Gasteiger partial charge in [0.25, 0.3) is 0 Å². The molecule has 0 amide bonds. The van der Waals surface area contributed by atoms with Crippen molar-refractivity contribution in [3.05, 3.63) is 23.9 Å². The number of aryl methyl sites for hydroxylation is 1. The Kier molecular flexibility index (Phi) is 4.40. The SMILES string of the molecule is CCC(O)CCNc1cc(C)ccn1. The largest absolute Gasteiger partial charge is 0.393 e. The third kappa shape index (κ3) is 3.75. The lowest BCUT2D eigenvalue weighted by Crippen LogP contribution is -2.12. The van der Waals surface area contributed by atoms with Crippen LogP contribution in [0.2, 0.25) is 0 Å². The normalized spacial score (nSPS) is 12.5. The predicted octanol–water partition coefficient (Wildman–Crippen LogP) is 1.96. The van der Waals surface area contributed by atoms with Crippen molar-refractivity contribution in [2.24, 2.45) is 0 Å². The first-order valence-corrected chi connectivity index (χ1v) is 5.07. The first kappa shape index (κ1) is 11.0. The minimum Gasteiger partial charge on any atom is -0.393 e. The molecule has 3 heteroatoms. The van der Waals surface area contributed by atoms with Crippen LogP contribution in [0.25, 0.3) is 0 Å². The summed E-state index contributed by atoms with van der Waals surface area (Å²) in [5.74, 6) is 0.883. The number of aliphatic hydroxyl groups is 1. The van der Waals surface area contributed by atoms with Crippen molar-refractivity contribution in [1.29, 1.82) is 0 Å². The molecule has 0 fully saturated rings. The third-order valence-corrected chi connectivity index (χ3v) is 2.17. The predicted molar refractivity (Wildman–Crippen MR) is 58.4 cm³/mol. The van der Waals surface area contributed by atoms with Crippen molar-refractivity contribution in [1.82, 2.24) is 4.98 Å². The van der Waals surface area contributed by atoms with Crippen LogP contribution in [0.4, 0.5) is 5.82 Å². The van der Waals surface area contributed by atoms with E-state index in [1.165, 1.54) is 5.56 Å². The second kappa shape index (κ2) is 5.60. The summed E-state index contributed by atoms with van der Waals surface area (Å²) in [4.78, 5) is 4.17. The van der Waals surface area contributed by atoms with Gasteiger partial charge in [-0.25, -0.2) is 4.98 Å². The highest BCUT2D eigenvalue weighted by atomic mass is 16.3. The molecule has 0 aromatic carbocycles. The van der Waals surface area contributed by atoms with Crippen LogP contribution in [0.15, 0.2) is 18.3 Å². The molecule has 1 unspecified atom stereocenters. The number of aliphatic hydroxyl groups excluding tert-OH is 1. The summed E-state index contributed by atoms with van der Waals surface area (Å²) in [6.45, 7) is 4.79. The van der Waals surface area contributed by atoms with Crippen molar-refractivity contribution in [2.45, 2.75) is 32.8 Å². The zero-order valence-corrected chi connectivity index (χ0v) is 8.83. The Hall–Kier alpha value is -1.09. The average molecular weight is 194 g/mol. The summed E-state index contributed by atoms with van der Waals surface area (Å²) in [5, 5.41) is 12.5. The lowest BCUT2D eigenvalue weighted by molar-refractivity contribution is 0.164. The summed E-state index contributed by atoms with van der Waals surface area (Å²) >= 11 is 0. The van der Waals surface area contributed by atoms with Gasteiger partial charge in [0, 0.05) is 12.7 Å². The van der Waals surface area contributed by atoms with E-state index >= 15 is 0 Å². The van der Waals surface area contributed by atoms with Gasteiger partial charge in [0.15, 0.2) is 0 Å². The van der Waals surface area contributed by atoms with Crippen molar-refractivity contribution in [3.8, 4) is 0 Å². The van der Waals surface area contributed by atoms with E-state index in [2.05, 4.69) is 10.3 Å². The Balaban J connectivity index is 2.31. The van der Waals surface area contributed by atoms with E-state index in [-0.39, 0.29) is 6.10 Å². The molecule has 0 aliphatic heterocycles. The molecule has 1 aromatic heterocycles. The minimum atomic E-state index is -0.202. The highest BCUT2D eigenvalue weighted by Gasteiger charge is 1.99. The number of hydrogen-bond acceptors (Lipinski definition) is 3. The number of anilines is 1. The summed E-state index contributed by atoms with van der Waals surface area (Å²) in [5.41, 5.74) is 1.19. The van der Waals surface area contributed by atoms with Crippen LogP contribution in [-0.2, 0) is 0 Å². The molecule has 3 nitrogen and oxygen atoms in total. The first-order valence-electron chi connectivity index (χ1n) is 5.07. The molecule has 1 rings (SSSR count). The maximum absolute atomic E-state index is 9.33. The van der Waals surface area contributed by atoms with Gasteiger partial charge in [0.05, 0.1) is 6.10 Å². The highest BCUT2D eigenvalue weighted by Crippen LogP contribution is 2.05. The van der Waals surface area contributed by atoms with Gasteiger partial charge < -0.3 is 10.4 Å². The topological polar surface area (TPSA) is 45.1 Å². The average Bonchev–Trinajstić information content (AvgIpc) is 2.17. The molecule has 0 saturated carbocycles. The zero-order chi connectivity index (χ0) is 10.4. The molecule has 1 aromatic rings. The smallest absolute Gasteiger partial charge is 0.126 e. The fourth-order valence-corrected chi connectivity index (χ4v) is 1.20. The summed E-state index contributed by atoms with van der Waals surface area (Å²) in [6, 6.07) is 3.96. The Morgan fingerprint density at radius 1 is 1.57 bits per heavy atom. The minimum absolute atomic E-state index is 0.202. The van der Waals surface area contributed by atoms with Crippen LogP contribution in [0, 0.1) is 6.92 Å².